The molecule has 0 saturated carbocycles. The summed E-state index contributed by atoms with van der Waals surface area (Å²) in [6.45, 7) is 4.91. The number of rotatable bonds is 6. The van der Waals surface area contributed by atoms with Crippen molar-refractivity contribution in [2.24, 2.45) is 5.10 Å². The molecule has 1 amide bonds. The third-order valence-electron chi connectivity index (χ3n) is 4.69. The van der Waals surface area contributed by atoms with Crippen molar-refractivity contribution in [3.05, 3.63) is 36.3 Å². The first-order valence-electron chi connectivity index (χ1n) is 9.11. The molecule has 2 aliphatic rings. The number of halogens is 1. The van der Waals surface area contributed by atoms with Gasteiger partial charge in [-0.25, -0.2) is 9.18 Å². The number of hydrogen-bond acceptors (Lipinski definition) is 8. The van der Waals surface area contributed by atoms with Crippen LogP contribution >= 0.6 is 0 Å². The molecule has 1 N–H and O–H groups in total. The van der Waals surface area contributed by atoms with Crippen molar-refractivity contribution >= 4 is 29.6 Å². The monoisotopic (exact) mass is 388 g/mol. The van der Waals surface area contributed by atoms with Crippen molar-refractivity contribution in [2.75, 3.05) is 47.8 Å². The molecule has 10 heteroatoms. The highest BCUT2D eigenvalue weighted by Gasteiger charge is 2.33. The molecule has 3 heterocycles. The second-order valence-corrected chi connectivity index (χ2v) is 6.49. The second-order valence-electron chi connectivity index (χ2n) is 6.49. The Labute approximate surface area is 161 Å². The molecule has 1 fully saturated rings. The van der Waals surface area contributed by atoms with E-state index in [1.807, 2.05) is 11.9 Å². The van der Waals surface area contributed by atoms with Crippen molar-refractivity contribution < 1.29 is 18.4 Å². The van der Waals surface area contributed by atoms with E-state index in [0.29, 0.717) is 36.8 Å². The number of nitrogens with zero attached hydrogens (tertiary/aromatic N) is 5. The van der Waals surface area contributed by atoms with Crippen LogP contribution in [-0.2, 0) is 4.74 Å². The second kappa shape index (κ2) is 7.75. The number of hydrazone groups is 1. The number of aromatic nitrogens is 1. The first kappa shape index (κ1) is 18.1. The zero-order valence-corrected chi connectivity index (χ0v) is 15.4. The van der Waals surface area contributed by atoms with Gasteiger partial charge in [-0.05, 0) is 25.1 Å². The Hall–Kier alpha value is -3.30. The molecule has 2 aliphatic heterocycles. The maximum absolute atomic E-state index is 14.7. The van der Waals surface area contributed by atoms with Crippen LogP contribution in [0.1, 0.15) is 6.92 Å². The van der Waals surface area contributed by atoms with Crippen LogP contribution in [0.5, 0.6) is 0 Å². The first-order chi connectivity index (χ1) is 13.6. The van der Waals surface area contributed by atoms with Crippen LogP contribution in [0.4, 0.5) is 26.4 Å². The lowest BCUT2D eigenvalue weighted by molar-refractivity contribution is 0.147. The molecule has 0 radical (unpaired) electrons. The lowest BCUT2D eigenvalue weighted by Gasteiger charge is -2.29. The lowest BCUT2D eigenvalue weighted by Crippen LogP contribution is -2.38. The minimum Gasteiger partial charge on any atom is -0.442 e. The van der Waals surface area contributed by atoms with E-state index in [9.17, 15) is 9.18 Å². The number of anilines is 3. The molecule has 1 aromatic carbocycles. The van der Waals surface area contributed by atoms with Crippen LogP contribution in [0.3, 0.4) is 0 Å². The summed E-state index contributed by atoms with van der Waals surface area (Å²) in [6, 6.07) is 6.40. The predicted molar refractivity (Wildman–Crippen MR) is 102 cm³/mol. The van der Waals surface area contributed by atoms with E-state index in [1.54, 1.807) is 29.4 Å². The number of ether oxygens (including phenoxy) is 1. The lowest BCUT2D eigenvalue weighted by atomic mass is 10.2. The fourth-order valence-electron chi connectivity index (χ4n) is 3.15. The van der Waals surface area contributed by atoms with Crippen LogP contribution in [0.25, 0.3) is 0 Å². The molecule has 1 aromatic heterocycles. The number of hydrogen-bond donors (Lipinski definition) is 1. The topological polar surface area (TPSA) is 86.4 Å². The van der Waals surface area contributed by atoms with Crippen LogP contribution in [0.2, 0.25) is 0 Å². The molecule has 1 atom stereocenters. The molecule has 0 unspecified atom stereocenters. The van der Waals surface area contributed by atoms with E-state index in [-0.39, 0.29) is 6.10 Å². The van der Waals surface area contributed by atoms with Crippen molar-refractivity contribution in [3.8, 4) is 0 Å². The van der Waals surface area contributed by atoms with Gasteiger partial charge in [-0.15, -0.1) is 0 Å². The van der Waals surface area contributed by atoms with Gasteiger partial charge in [0.2, 0.25) is 0 Å². The van der Waals surface area contributed by atoms with E-state index in [0.717, 1.165) is 13.1 Å². The Morgan fingerprint density at radius 1 is 1.32 bits per heavy atom. The number of benzene rings is 1. The molecule has 148 valence electrons. The quantitative estimate of drug-likeness (QED) is 0.813. The summed E-state index contributed by atoms with van der Waals surface area (Å²) >= 11 is 0. The van der Waals surface area contributed by atoms with Gasteiger partial charge in [-0.1, -0.05) is 5.16 Å². The summed E-state index contributed by atoms with van der Waals surface area (Å²) in [5.41, 5.74) is 0.888. The van der Waals surface area contributed by atoms with Gasteiger partial charge in [0.25, 0.3) is 0 Å². The molecule has 0 aliphatic carbocycles. The van der Waals surface area contributed by atoms with Crippen molar-refractivity contribution in [1.29, 1.82) is 0 Å². The van der Waals surface area contributed by atoms with E-state index in [2.05, 4.69) is 15.6 Å². The maximum atomic E-state index is 14.7. The summed E-state index contributed by atoms with van der Waals surface area (Å²) in [4.78, 5) is 15.4. The maximum Gasteiger partial charge on any atom is 0.414 e. The summed E-state index contributed by atoms with van der Waals surface area (Å²) in [6.07, 6.45) is 2.20. The molecule has 2 aromatic rings. The smallest absolute Gasteiger partial charge is 0.414 e. The Morgan fingerprint density at radius 3 is 2.89 bits per heavy atom. The largest absolute Gasteiger partial charge is 0.442 e. The molecule has 9 nitrogen and oxygen atoms in total. The Bertz CT molecular complexity index is 859. The molecule has 0 spiro atoms. The summed E-state index contributed by atoms with van der Waals surface area (Å²) in [7, 11) is 0. The molecule has 28 heavy (non-hydrogen) atoms. The van der Waals surface area contributed by atoms with Crippen LogP contribution in [0, 0.1) is 5.82 Å². The van der Waals surface area contributed by atoms with Gasteiger partial charge in [-0.2, -0.15) is 5.10 Å². The average Bonchev–Trinajstić information content (AvgIpc) is 3.36. The van der Waals surface area contributed by atoms with Crippen LogP contribution in [0.15, 0.2) is 40.2 Å². The fraction of sp³-hybridized carbons (Fsp3) is 0.389. The van der Waals surface area contributed by atoms with Crippen molar-refractivity contribution in [1.82, 2.24) is 10.2 Å². The summed E-state index contributed by atoms with van der Waals surface area (Å²) in [5, 5.41) is 13.0. The zero-order chi connectivity index (χ0) is 19.5. The highest BCUT2D eigenvalue weighted by atomic mass is 19.1. The van der Waals surface area contributed by atoms with Crippen molar-refractivity contribution in [2.45, 2.75) is 13.0 Å². The van der Waals surface area contributed by atoms with Gasteiger partial charge in [0.05, 0.1) is 31.0 Å². The van der Waals surface area contributed by atoms with Crippen LogP contribution < -0.4 is 15.1 Å². The number of likely N-dealkylation sites (N-methyl/N-ethyl adjacent to an activating group) is 1. The number of amides is 1. The highest BCUT2D eigenvalue weighted by Crippen LogP contribution is 2.28. The normalized spacial score (nSPS) is 19.3. The molecular weight excluding hydrogens is 367 g/mol. The van der Waals surface area contributed by atoms with Crippen LogP contribution in [-0.4, -0.2) is 61.4 Å². The Balaban J connectivity index is 1.41. The highest BCUT2D eigenvalue weighted by molar-refractivity contribution is 5.90. The van der Waals surface area contributed by atoms with E-state index in [1.165, 1.54) is 17.2 Å². The minimum atomic E-state index is -0.503. The Kier molecular flexibility index (Phi) is 5.00. The minimum absolute atomic E-state index is 0.319. The zero-order valence-electron chi connectivity index (χ0n) is 15.4. The summed E-state index contributed by atoms with van der Waals surface area (Å²) < 4.78 is 24.8. The number of carbonyl (C=O) groups excluding carboxylic acids is 1. The molecular formula is C18H21FN6O3. The number of cyclic esters (lactones) is 1. The van der Waals surface area contributed by atoms with Gasteiger partial charge in [-0.3, -0.25) is 9.91 Å². The van der Waals surface area contributed by atoms with Gasteiger partial charge < -0.3 is 19.5 Å². The van der Waals surface area contributed by atoms with Gasteiger partial charge in [0, 0.05) is 19.2 Å². The van der Waals surface area contributed by atoms with E-state index < -0.39 is 11.9 Å². The Morgan fingerprint density at radius 2 is 2.21 bits per heavy atom. The molecule has 1 saturated heterocycles. The van der Waals surface area contributed by atoms with E-state index in [4.69, 9.17) is 9.26 Å². The SMILES string of the molecule is CCN1CCN(c2ccc(N3C[C@H](CNc4ccon4)OC3=O)cc2F)C=N1. The van der Waals surface area contributed by atoms with Crippen molar-refractivity contribution in [3.63, 3.8) is 0 Å². The number of nitrogens with one attached hydrogen (secondary N) is 1. The van der Waals surface area contributed by atoms with Gasteiger partial charge >= 0.3 is 6.09 Å². The molecule has 0 bridgehead atoms. The van der Waals surface area contributed by atoms with Gasteiger partial charge in [0.1, 0.15) is 24.5 Å². The average molecular weight is 388 g/mol. The fourth-order valence-corrected chi connectivity index (χ4v) is 3.15. The molecule has 4 rings (SSSR count). The predicted octanol–water partition coefficient (Wildman–Crippen LogP) is 2.34. The summed E-state index contributed by atoms with van der Waals surface area (Å²) in [5.74, 6) is 0.153. The van der Waals surface area contributed by atoms with E-state index >= 15 is 0 Å². The number of carbonyl (C=O) groups is 1. The standard InChI is InChI=1S/C18H21FN6O3/c1-2-24-7-6-23(12-21-24)16-4-3-13(9-15(16)19)25-11-14(28-18(25)26)10-20-17-5-8-27-22-17/h3-5,8-9,12,14H,2,6-7,10-11H2,1H3,(H,20,22)/t14-/m0/s1. The first-order valence-corrected chi connectivity index (χ1v) is 9.11. The third-order valence-corrected chi connectivity index (χ3v) is 4.69. The third kappa shape index (κ3) is 3.71. The van der Waals surface area contributed by atoms with Gasteiger partial charge in [0.15, 0.2) is 5.82 Å².